The minimum absolute atomic E-state index is 0.179. The highest BCUT2D eigenvalue weighted by molar-refractivity contribution is 14.1. The van der Waals surface area contributed by atoms with Crippen LogP contribution in [0.15, 0.2) is 66.2 Å². The first-order valence-corrected chi connectivity index (χ1v) is 13.1. The number of anilines is 1. The van der Waals surface area contributed by atoms with Gasteiger partial charge in [-0.1, -0.05) is 36.8 Å². The smallest absolute Gasteiger partial charge is 0.335 e. The minimum atomic E-state index is -0.813. The first-order valence-electron chi connectivity index (χ1n) is 12.0. The Morgan fingerprint density at radius 1 is 1.00 bits per heavy atom. The van der Waals surface area contributed by atoms with Crippen LogP contribution in [0.5, 0.6) is 17.2 Å². The summed E-state index contributed by atoms with van der Waals surface area (Å²) in [6.07, 6.45) is 2.29. The maximum absolute atomic E-state index is 13.3. The topological polar surface area (TPSA) is 94.2 Å². The zero-order valence-corrected chi connectivity index (χ0v) is 23.4. The summed E-state index contributed by atoms with van der Waals surface area (Å²) in [5.74, 6) is 0.135. The van der Waals surface area contributed by atoms with Gasteiger partial charge in [0.05, 0.1) is 23.0 Å². The minimum Gasteiger partial charge on any atom is -0.494 e. The number of imide groups is 2. The summed E-state index contributed by atoms with van der Waals surface area (Å²) >= 11 is 2.12. The molecule has 4 rings (SSSR count). The number of rotatable bonds is 9. The Morgan fingerprint density at radius 2 is 1.76 bits per heavy atom. The number of nitrogens with one attached hydrogen (secondary N) is 1. The van der Waals surface area contributed by atoms with E-state index in [9.17, 15) is 14.4 Å². The molecule has 196 valence electrons. The molecule has 1 fully saturated rings. The van der Waals surface area contributed by atoms with E-state index >= 15 is 0 Å². The molecule has 8 nitrogen and oxygen atoms in total. The molecule has 3 aromatic rings. The number of nitrogens with zero attached hydrogens (tertiary/aromatic N) is 1. The van der Waals surface area contributed by atoms with Crippen LogP contribution < -0.4 is 24.4 Å². The standard InChI is InChI=1S/C29H27IN2O6/c1-4-12-37-22-10-8-21(9-11-22)32-28(34)23(27(33)31-29(32)35)14-20-15-24(30)26(25(16-20)36-3)38-17-19-7-5-6-18(2)13-19/h5-11,13-16H,4,12,17H2,1-3H3,(H,31,33,35)/b23-14-. The molecule has 0 bridgehead atoms. The number of amides is 4. The Morgan fingerprint density at radius 3 is 2.45 bits per heavy atom. The van der Waals surface area contributed by atoms with Crippen LogP contribution in [-0.4, -0.2) is 31.6 Å². The van der Waals surface area contributed by atoms with Crippen molar-refractivity contribution in [1.82, 2.24) is 5.32 Å². The summed E-state index contributed by atoms with van der Waals surface area (Å²) in [6.45, 7) is 4.93. The van der Waals surface area contributed by atoms with Crippen LogP contribution >= 0.6 is 22.6 Å². The Balaban J connectivity index is 1.59. The molecule has 1 saturated heterocycles. The largest absolute Gasteiger partial charge is 0.494 e. The molecule has 0 saturated carbocycles. The predicted octanol–water partition coefficient (Wildman–Crippen LogP) is 5.64. The Kier molecular flexibility index (Phi) is 8.67. The van der Waals surface area contributed by atoms with Gasteiger partial charge in [0.25, 0.3) is 11.8 Å². The highest BCUT2D eigenvalue weighted by Gasteiger charge is 2.37. The van der Waals surface area contributed by atoms with Gasteiger partial charge < -0.3 is 14.2 Å². The average Bonchev–Trinajstić information content (AvgIpc) is 2.89. The summed E-state index contributed by atoms with van der Waals surface area (Å²) in [5, 5.41) is 2.24. The van der Waals surface area contributed by atoms with E-state index in [4.69, 9.17) is 14.2 Å². The highest BCUT2D eigenvalue weighted by Crippen LogP contribution is 2.35. The van der Waals surface area contributed by atoms with Crippen molar-refractivity contribution in [1.29, 1.82) is 0 Å². The van der Waals surface area contributed by atoms with E-state index in [0.29, 0.717) is 41.7 Å². The number of benzene rings is 3. The summed E-state index contributed by atoms with van der Waals surface area (Å²) in [6, 6.07) is 17.2. The average molecular weight is 626 g/mol. The Bertz CT molecular complexity index is 1400. The van der Waals surface area contributed by atoms with Gasteiger partial charge in [-0.3, -0.25) is 14.9 Å². The summed E-state index contributed by atoms with van der Waals surface area (Å²) in [5.41, 5.74) is 2.85. The Labute approximate surface area is 234 Å². The van der Waals surface area contributed by atoms with Crippen molar-refractivity contribution >= 4 is 52.2 Å². The normalized spacial score (nSPS) is 14.5. The lowest BCUT2D eigenvalue weighted by molar-refractivity contribution is -0.122. The lowest BCUT2D eigenvalue weighted by Crippen LogP contribution is -2.54. The third-order valence-corrected chi connectivity index (χ3v) is 6.50. The summed E-state index contributed by atoms with van der Waals surface area (Å²) in [7, 11) is 1.52. The third kappa shape index (κ3) is 6.16. The quantitative estimate of drug-likeness (QED) is 0.188. The number of ether oxygens (including phenoxy) is 3. The fraction of sp³-hybridized carbons (Fsp3) is 0.207. The molecular formula is C29H27IN2O6. The molecule has 9 heteroatoms. The molecule has 0 aliphatic carbocycles. The zero-order valence-electron chi connectivity index (χ0n) is 21.2. The van der Waals surface area contributed by atoms with Gasteiger partial charge >= 0.3 is 6.03 Å². The molecule has 0 radical (unpaired) electrons. The first-order chi connectivity index (χ1) is 18.3. The summed E-state index contributed by atoms with van der Waals surface area (Å²) < 4.78 is 17.9. The number of aryl methyl sites for hydroxylation is 1. The van der Waals surface area contributed by atoms with Gasteiger partial charge in [0.2, 0.25) is 0 Å². The van der Waals surface area contributed by atoms with Crippen molar-refractivity contribution in [3.05, 3.63) is 86.5 Å². The molecule has 1 N–H and O–H groups in total. The van der Waals surface area contributed by atoms with Gasteiger partial charge in [0.1, 0.15) is 17.9 Å². The lowest BCUT2D eigenvalue weighted by atomic mass is 10.1. The monoisotopic (exact) mass is 626 g/mol. The van der Waals surface area contributed by atoms with E-state index in [-0.39, 0.29) is 5.57 Å². The zero-order chi connectivity index (χ0) is 27.2. The van der Waals surface area contributed by atoms with Crippen LogP contribution in [-0.2, 0) is 16.2 Å². The summed E-state index contributed by atoms with van der Waals surface area (Å²) in [4.78, 5) is 39.4. The number of barbiturate groups is 1. The molecule has 1 aliphatic rings. The number of halogens is 1. The molecule has 3 aromatic carbocycles. The third-order valence-electron chi connectivity index (χ3n) is 5.70. The Hall–Kier alpha value is -3.86. The van der Waals surface area contributed by atoms with Gasteiger partial charge in [-0.25, -0.2) is 9.69 Å². The SMILES string of the molecule is CCCOc1ccc(N2C(=O)NC(=O)/C(=C/c3cc(I)c(OCc4cccc(C)c4)c(OC)c3)C2=O)cc1. The number of hydrogen-bond donors (Lipinski definition) is 1. The number of carbonyl (C=O) groups excluding carboxylic acids is 3. The van der Waals surface area contributed by atoms with E-state index in [1.165, 1.54) is 13.2 Å². The van der Waals surface area contributed by atoms with E-state index < -0.39 is 17.8 Å². The molecule has 0 aromatic heterocycles. The van der Waals surface area contributed by atoms with Gasteiger partial charge in [-0.15, -0.1) is 0 Å². The molecule has 1 heterocycles. The number of methoxy groups -OCH3 is 1. The molecule has 1 aliphatic heterocycles. The molecule has 0 spiro atoms. The van der Waals surface area contributed by atoms with Crippen molar-refractivity contribution in [2.75, 3.05) is 18.6 Å². The predicted molar refractivity (Wildman–Crippen MR) is 152 cm³/mol. The first kappa shape index (κ1) is 27.2. The van der Waals surface area contributed by atoms with Crippen LogP contribution in [0.3, 0.4) is 0 Å². The second-order valence-corrected chi connectivity index (χ2v) is 9.77. The fourth-order valence-electron chi connectivity index (χ4n) is 3.89. The van der Waals surface area contributed by atoms with Crippen LogP contribution in [0.2, 0.25) is 0 Å². The van der Waals surface area contributed by atoms with Gasteiger partial charge in [-0.2, -0.15) is 0 Å². The van der Waals surface area contributed by atoms with E-state index in [1.807, 2.05) is 38.1 Å². The second-order valence-electron chi connectivity index (χ2n) is 8.61. The number of hydrogen-bond acceptors (Lipinski definition) is 6. The number of carbonyl (C=O) groups is 3. The molecule has 0 atom stereocenters. The second kappa shape index (κ2) is 12.1. The van der Waals surface area contributed by atoms with Gasteiger partial charge in [0, 0.05) is 0 Å². The van der Waals surface area contributed by atoms with Crippen LogP contribution in [0.1, 0.15) is 30.0 Å². The van der Waals surface area contributed by atoms with Crippen LogP contribution in [0, 0.1) is 10.5 Å². The highest BCUT2D eigenvalue weighted by atomic mass is 127. The van der Waals surface area contributed by atoms with E-state index in [1.54, 1.807) is 36.4 Å². The molecule has 38 heavy (non-hydrogen) atoms. The maximum Gasteiger partial charge on any atom is 0.335 e. The molecular weight excluding hydrogens is 599 g/mol. The van der Waals surface area contributed by atoms with Gasteiger partial charge in [0.15, 0.2) is 11.5 Å². The van der Waals surface area contributed by atoms with E-state index in [2.05, 4.69) is 27.9 Å². The van der Waals surface area contributed by atoms with Crippen molar-refractivity contribution in [3.8, 4) is 17.2 Å². The van der Waals surface area contributed by atoms with Crippen molar-refractivity contribution < 1.29 is 28.6 Å². The van der Waals surface area contributed by atoms with Crippen molar-refractivity contribution in [3.63, 3.8) is 0 Å². The maximum atomic E-state index is 13.3. The number of urea groups is 1. The van der Waals surface area contributed by atoms with Gasteiger partial charge in [-0.05, 0) is 89.5 Å². The molecule has 4 amide bonds. The van der Waals surface area contributed by atoms with Crippen LogP contribution in [0.25, 0.3) is 6.08 Å². The molecule has 0 unspecified atom stereocenters. The van der Waals surface area contributed by atoms with Crippen molar-refractivity contribution in [2.24, 2.45) is 0 Å². The fourth-order valence-corrected chi connectivity index (χ4v) is 4.67. The van der Waals surface area contributed by atoms with Crippen molar-refractivity contribution in [2.45, 2.75) is 26.9 Å². The van der Waals surface area contributed by atoms with E-state index in [0.717, 1.165) is 26.0 Å². The van der Waals surface area contributed by atoms with Crippen LogP contribution in [0.4, 0.5) is 10.5 Å². The lowest BCUT2D eigenvalue weighted by Gasteiger charge is -2.26.